The molecule has 0 bridgehead atoms. The number of hydrogen-bond donors (Lipinski definition) is 1. The molecule has 0 aliphatic carbocycles. The summed E-state index contributed by atoms with van der Waals surface area (Å²) in [4.78, 5) is 14.8. The van der Waals surface area contributed by atoms with Crippen LogP contribution < -0.4 is 5.32 Å². The van der Waals surface area contributed by atoms with Gasteiger partial charge in [0.1, 0.15) is 12.1 Å². The predicted molar refractivity (Wildman–Crippen MR) is 94.4 cm³/mol. The monoisotopic (exact) mass is 392 g/mol. The number of rotatable bonds is 4. The van der Waals surface area contributed by atoms with Gasteiger partial charge < -0.3 is 15.0 Å². The molecule has 2 atom stereocenters. The number of morpholine rings is 1. The van der Waals surface area contributed by atoms with E-state index in [0.29, 0.717) is 19.7 Å². The van der Waals surface area contributed by atoms with Gasteiger partial charge in [0, 0.05) is 29.8 Å². The molecule has 1 aromatic heterocycles. The Labute approximate surface area is 149 Å². The second kappa shape index (κ2) is 7.46. The van der Waals surface area contributed by atoms with Crippen molar-refractivity contribution in [2.45, 2.75) is 12.1 Å². The molecule has 1 aromatic carbocycles. The fourth-order valence-corrected chi connectivity index (χ4v) is 3.20. The molecule has 0 saturated carbocycles. The normalized spacial score (nSPS) is 19.3. The zero-order valence-corrected chi connectivity index (χ0v) is 15.4. The summed E-state index contributed by atoms with van der Waals surface area (Å²) in [5.41, 5.74) is 1.95. The number of nitrogens with one attached hydrogen (secondary N) is 1. The quantitative estimate of drug-likeness (QED) is 0.864. The van der Waals surface area contributed by atoms with Crippen molar-refractivity contribution in [1.29, 1.82) is 0 Å². The highest BCUT2D eigenvalue weighted by Crippen LogP contribution is 2.25. The molecule has 1 saturated heterocycles. The highest BCUT2D eigenvalue weighted by molar-refractivity contribution is 9.10. The molecule has 1 aliphatic heterocycles. The number of hydrogen-bond acceptors (Lipinski definition) is 4. The number of aromatic nitrogens is 2. The summed E-state index contributed by atoms with van der Waals surface area (Å²) in [6.07, 6.45) is 3.50. The maximum absolute atomic E-state index is 12.9. The molecule has 3 rings (SSSR count). The molecule has 2 heterocycles. The Hall–Kier alpha value is -1.70. The van der Waals surface area contributed by atoms with Crippen molar-refractivity contribution in [3.63, 3.8) is 0 Å². The molecular weight excluding hydrogens is 372 g/mol. The first-order valence-electron chi connectivity index (χ1n) is 7.90. The maximum Gasteiger partial charge on any atom is 0.244 e. The molecule has 7 heteroatoms. The van der Waals surface area contributed by atoms with Gasteiger partial charge in [-0.05, 0) is 24.7 Å². The van der Waals surface area contributed by atoms with Crippen LogP contribution in [0.2, 0.25) is 0 Å². The van der Waals surface area contributed by atoms with E-state index in [-0.39, 0.29) is 18.1 Å². The van der Waals surface area contributed by atoms with Gasteiger partial charge in [0.15, 0.2) is 0 Å². The van der Waals surface area contributed by atoms with Crippen LogP contribution in [0, 0.1) is 0 Å². The van der Waals surface area contributed by atoms with Crippen molar-refractivity contribution in [2.24, 2.45) is 7.05 Å². The van der Waals surface area contributed by atoms with Crippen molar-refractivity contribution < 1.29 is 9.53 Å². The summed E-state index contributed by atoms with van der Waals surface area (Å²) in [5.74, 6) is 0.0518. The van der Waals surface area contributed by atoms with Crippen molar-refractivity contribution >= 4 is 21.8 Å². The number of halogens is 1. The van der Waals surface area contributed by atoms with Gasteiger partial charge >= 0.3 is 0 Å². The van der Waals surface area contributed by atoms with E-state index in [2.05, 4.69) is 26.3 Å². The van der Waals surface area contributed by atoms with E-state index < -0.39 is 0 Å². The first kappa shape index (κ1) is 17.1. The molecular formula is C17H21BrN4O2. The minimum Gasteiger partial charge on any atom is -0.370 e. The average molecular weight is 393 g/mol. The Morgan fingerprint density at radius 1 is 1.42 bits per heavy atom. The first-order chi connectivity index (χ1) is 11.6. The molecule has 0 radical (unpaired) electrons. The number of amides is 1. The topological polar surface area (TPSA) is 59.4 Å². The van der Waals surface area contributed by atoms with Crippen molar-refractivity contribution in [2.75, 3.05) is 26.7 Å². The maximum atomic E-state index is 12.9. The van der Waals surface area contributed by atoms with E-state index in [1.807, 2.05) is 42.4 Å². The third-order valence-electron chi connectivity index (χ3n) is 4.21. The minimum atomic E-state index is -0.387. The molecule has 1 aliphatic rings. The third-order valence-corrected chi connectivity index (χ3v) is 4.74. The van der Waals surface area contributed by atoms with Crippen LogP contribution >= 0.6 is 15.9 Å². The first-order valence-corrected chi connectivity index (χ1v) is 8.69. The lowest BCUT2D eigenvalue weighted by Gasteiger charge is -2.35. The van der Waals surface area contributed by atoms with Crippen LogP contribution in [-0.2, 0) is 16.6 Å². The molecule has 1 N–H and O–H groups in total. The Morgan fingerprint density at radius 3 is 2.79 bits per heavy atom. The summed E-state index contributed by atoms with van der Waals surface area (Å²) in [5, 5.41) is 7.26. The lowest BCUT2D eigenvalue weighted by Crippen LogP contribution is -2.46. The fourth-order valence-electron chi connectivity index (χ4n) is 2.93. The zero-order valence-electron chi connectivity index (χ0n) is 13.8. The van der Waals surface area contributed by atoms with E-state index in [9.17, 15) is 4.79 Å². The summed E-state index contributed by atoms with van der Waals surface area (Å²) in [6.45, 7) is 1.69. The highest BCUT2D eigenvalue weighted by atomic mass is 79.9. The van der Waals surface area contributed by atoms with Crippen LogP contribution in [0.15, 0.2) is 41.1 Å². The lowest BCUT2D eigenvalue weighted by atomic mass is 10.1. The van der Waals surface area contributed by atoms with Crippen LogP contribution in [0.4, 0.5) is 0 Å². The van der Waals surface area contributed by atoms with Crippen LogP contribution in [0.25, 0.3) is 0 Å². The second-order valence-corrected chi connectivity index (χ2v) is 6.78. The van der Waals surface area contributed by atoms with Gasteiger partial charge in [0.2, 0.25) is 5.91 Å². The van der Waals surface area contributed by atoms with Gasteiger partial charge in [-0.3, -0.25) is 9.48 Å². The standard InChI is InChI=1S/C17H21BrN4O2/c1-19-16(13-9-20-21(2)10-13)17(23)22-7-8-24-15(11-22)12-3-5-14(18)6-4-12/h3-6,9-10,15-16,19H,7-8,11H2,1-2H3. The van der Waals surface area contributed by atoms with E-state index in [1.165, 1.54) is 0 Å². The van der Waals surface area contributed by atoms with E-state index in [0.717, 1.165) is 15.6 Å². The number of likely N-dealkylation sites (N-methyl/N-ethyl adjacent to an activating group) is 1. The van der Waals surface area contributed by atoms with Crippen LogP contribution in [0.1, 0.15) is 23.3 Å². The molecule has 2 aromatic rings. The molecule has 1 fully saturated rings. The molecule has 6 nitrogen and oxygen atoms in total. The largest absolute Gasteiger partial charge is 0.370 e. The zero-order chi connectivity index (χ0) is 17.1. The number of carbonyl (C=O) groups is 1. The molecule has 24 heavy (non-hydrogen) atoms. The summed E-state index contributed by atoms with van der Waals surface area (Å²) >= 11 is 3.44. The molecule has 2 unspecified atom stereocenters. The van der Waals surface area contributed by atoms with E-state index >= 15 is 0 Å². The Morgan fingerprint density at radius 2 is 2.17 bits per heavy atom. The van der Waals surface area contributed by atoms with Crippen molar-refractivity contribution in [3.8, 4) is 0 Å². The summed E-state index contributed by atoms with van der Waals surface area (Å²) in [6, 6.07) is 7.65. The van der Waals surface area contributed by atoms with Gasteiger partial charge in [0.25, 0.3) is 0 Å². The van der Waals surface area contributed by atoms with Gasteiger partial charge in [-0.25, -0.2) is 0 Å². The Kier molecular flexibility index (Phi) is 5.33. The third kappa shape index (κ3) is 3.68. The fraction of sp³-hybridized carbons (Fsp3) is 0.412. The number of aryl methyl sites for hydroxylation is 1. The number of carbonyl (C=O) groups excluding carboxylic acids is 1. The van der Waals surface area contributed by atoms with Gasteiger partial charge in [-0.2, -0.15) is 5.10 Å². The Balaban J connectivity index is 1.73. The van der Waals surface area contributed by atoms with Crippen LogP contribution in [0.5, 0.6) is 0 Å². The van der Waals surface area contributed by atoms with E-state index in [4.69, 9.17) is 4.74 Å². The highest BCUT2D eigenvalue weighted by Gasteiger charge is 2.30. The minimum absolute atomic E-state index is 0.0518. The second-order valence-electron chi connectivity index (χ2n) is 5.86. The Bertz CT molecular complexity index is 701. The molecule has 128 valence electrons. The summed E-state index contributed by atoms with van der Waals surface area (Å²) in [7, 11) is 3.64. The van der Waals surface area contributed by atoms with E-state index in [1.54, 1.807) is 17.9 Å². The van der Waals surface area contributed by atoms with Gasteiger partial charge in [-0.1, -0.05) is 28.1 Å². The number of ether oxygens (including phenoxy) is 1. The SMILES string of the molecule is CNC(C(=O)N1CCOC(c2ccc(Br)cc2)C1)c1cnn(C)c1. The van der Waals surface area contributed by atoms with Crippen molar-refractivity contribution in [3.05, 3.63) is 52.3 Å². The molecule has 0 spiro atoms. The predicted octanol–water partition coefficient (Wildman–Crippen LogP) is 2.04. The average Bonchev–Trinajstić information content (AvgIpc) is 3.02. The van der Waals surface area contributed by atoms with Crippen LogP contribution in [-0.4, -0.2) is 47.3 Å². The van der Waals surface area contributed by atoms with Gasteiger partial charge in [-0.15, -0.1) is 0 Å². The van der Waals surface area contributed by atoms with Gasteiger partial charge in [0.05, 0.1) is 19.3 Å². The summed E-state index contributed by atoms with van der Waals surface area (Å²) < 4.78 is 8.60. The van der Waals surface area contributed by atoms with Crippen molar-refractivity contribution in [1.82, 2.24) is 20.0 Å². The molecule has 1 amide bonds. The lowest BCUT2D eigenvalue weighted by molar-refractivity contribution is -0.141. The number of benzene rings is 1. The van der Waals surface area contributed by atoms with Crippen LogP contribution in [0.3, 0.4) is 0 Å². The number of nitrogens with zero attached hydrogens (tertiary/aromatic N) is 3. The smallest absolute Gasteiger partial charge is 0.244 e.